The lowest BCUT2D eigenvalue weighted by Crippen LogP contribution is -2.38. The summed E-state index contributed by atoms with van der Waals surface area (Å²) in [6.45, 7) is 1.97. The first-order chi connectivity index (χ1) is 7.31. The van der Waals surface area contributed by atoms with Gasteiger partial charge in [0.25, 0.3) is 0 Å². The second kappa shape index (κ2) is 4.08. The van der Waals surface area contributed by atoms with Gasteiger partial charge in [-0.25, -0.2) is 0 Å². The average Bonchev–Trinajstić information content (AvgIpc) is 2.49. The second-order valence-electron chi connectivity index (χ2n) is 3.37. The molecule has 0 atom stereocenters. The maximum absolute atomic E-state index is 5.67. The molecule has 0 aromatic heterocycles. The Labute approximate surface area is 88.3 Å². The molecule has 0 amide bonds. The van der Waals surface area contributed by atoms with E-state index in [2.05, 4.69) is 5.10 Å². The van der Waals surface area contributed by atoms with Crippen LogP contribution in [0.25, 0.3) is 0 Å². The topological polar surface area (TPSA) is 76.9 Å². The number of rotatable bonds is 0. The van der Waals surface area contributed by atoms with E-state index in [0.717, 1.165) is 11.3 Å². The average molecular weight is 206 g/mol. The van der Waals surface area contributed by atoms with Gasteiger partial charge in [-0.15, -0.1) is 5.10 Å². The summed E-state index contributed by atoms with van der Waals surface area (Å²) in [5.41, 5.74) is 6.77. The molecule has 80 valence electrons. The summed E-state index contributed by atoms with van der Waals surface area (Å²) in [5, 5.41) is 3.49. The highest BCUT2D eigenvalue weighted by Gasteiger charge is 2.15. The molecule has 0 bridgehead atoms. The first-order valence-electron chi connectivity index (χ1n) is 4.80. The third kappa shape index (κ3) is 1.96. The molecule has 0 unspecified atom stereocenters. The van der Waals surface area contributed by atoms with E-state index in [0.29, 0.717) is 25.7 Å². The Morgan fingerprint density at radius 2 is 2.20 bits per heavy atom. The number of fused-ring (bicyclic) bond motifs is 1. The van der Waals surface area contributed by atoms with Crippen LogP contribution >= 0.6 is 0 Å². The molecule has 1 aliphatic rings. The first-order valence-corrected chi connectivity index (χ1v) is 4.80. The number of ether oxygens (including phenoxy) is 1. The lowest BCUT2D eigenvalue weighted by atomic mass is 10.2. The van der Waals surface area contributed by atoms with E-state index in [1.807, 2.05) is 29.2 Å². The molecule has 0 fully saturated rings. The van der Waals surface area contributed by atoms with Crippen molar-refractivity contribution in [1.82, 2.24) is 4.90 Å². The standard InChI is InChI=1S/C10H14N4O/c11-10(13-12)14-5-6-15-9-4-2-1-3-8(9)7-14/h1-4H,5-7,12H2,(H2,11,13). The molecule has 0 radical (unpaired) electrons. The van der Waals surface area contributed by atoms with Gasteiger partial charge in [0.1, 0.15) is 12.4 Å². The first kappa shape index (κ1) is 9.64. The van der Waals surface area contributed by atoms with Gasteiger partial charge < -0.3 is 21.2 Å². The van der Waals surface area contributed by atoms with Crippen LogP contribution in [0.1, 0.15) is 5.56 Å². The van der Waals surface area contributed by atoms with E-state index >= 15 is 0 Å². The van der Waals surface area contributed by atoms with Crippen LogP contribution in [0.5, 0.6) is 5.75 Å². The van der Waals surface area contributed by atoms with E-state index in [4.69, 9.17) is 16.3 Å². The molecule has 5 heteroatoms. The van der Waals surface area contributed by atoms with E-state index in [1.54, 1.807) is 0 Å². The highest BCUT2D eigenvalue weighted by molar-refractivity contribution is 5.77. The number of hydrogen-bond donors (Lipinski definition) is 2. The summed E-state index contributed by atoms with van der Waals surface area (Å²) in [4.78, 5) is 1.89. The maximum atomic E-state index is 5.67. The number of hydrogen-bond acceptors (Lipinski definition) is 3. The summed E-state index contributed by atoms with van der Waals surface area (Å²) >= 11 is 0. The molecule has 2 rings (SSSR count). The molecule has 1 aromatic rings. The van der Waals surface area contributed by atoms with Gasteiger partial charge in [0.2, 0.25) is 5.96 Å². The molecule has 4 N–H and O–H groups in total. The summed E-state index contributed by atoms with van der Waals surface area (Å²) in [7, 11) is 0. The van der Waals surface area contributed by atoms with Crippen molar-refractivity contribution in [3.63, 3.8) is 0 Å². The van der Waals surface area contributed by atoms with Gasteiger partial charge >= 0.3 is 0 Å². The van der Waals surface area contributed by atoms with Gasteiger partial charge in [-0.1, -0.05) is 18.2 Å². The number of guanidine groups is 1. The predicted octanol–water partition coefficient (Wildman–Crippen LogP) is 0.0694. The molecule has 0 spiro atoms. The van der Waals surface area contributed by atoms with Crippen LogP contribution < -0.4 is 16.3 Å². The van der Waals surface area contributed by atoms with Crippen LogP contribution in [0.4, 0.5) is 0 Å². The van der Waals surface area contributed by atoms with Crippen molar-refractivity contribution in [1.29, 1.82) is 0 Å². The van der Waals surface area contributed by atoms with Crippen LogP contribution in [-0.2, 0) is 6.54 Å². The van der Waals surface area contributed by atoms with E-state index < -0.39 is 0 Å². The van der Waals surface area contributed by atoms with E-state index in [9.17, 15) is 0 Å². The lowest BCUT2D eigenvalue weighted by molar-refractivity contribution is 0.288. The number of nitrogens with two attached hydrogens (primary N) is 2. The van der Waals surface area contributed by atoms with Crippen molar-refractivity contribution in [2.75, 3.05) is 13.2 Å². The maximum Gasteiger partial charge on any atom is 0.213 e. The zero-order valence-electron chi connectivity index (χ0n) is 8.39. The highest BCUT2D eigenvalue weighted by atomic mass is 16.5. The molecular formula is C10H14N4O. The summed E-state index contributed by atoms with van der Waals surface area (Å²) in [5.74, 6) is 6.40. The van der Waals surface area contributed by atoms with Crippen molar-refractivity contribution in [2.45, 2.75) is 6.54 Å². The third-order valence-electron chi connectivity index (χ3n) is 2.41. The summed E-state index contributed by atoms with van der Waals surface area (Å²) in [6.07, 6.45) is 0. The molecule has 0 aliphatic carbocycles. The molecular weight excluding hydrogens is 192 g/mol. The molecule has 1 aliphatic heterocycles. The van der Waals surface area contributed by atoms with Gasteiger partial charge in [0.05, 0.1) is 6.54 Å². The number of benzene rings is 1. The number of hydrazone groups is 1. The monoisotopic (exact) mass is 206 g/mol. The Morgan fingerprint density at radius 1 is 1.40 bits per heavy atom. The second-order valence-corrected chi connectivity index (χ2v) is 3.37. The van der Waals surface area contributed by atoms with Crippen molar-refractivity contribution >= 4 is 5.96 Å². The van der Waals surface area contributed by atoms with Crippen molar-refractivity contribution < 1.29 is 4.74 Å². The minimum atomic E-state index is 0.343. The van der Waals surface area contributed by atoms with Gasteiger partial charge in [-0.3, -0.25) is 0 Å². The minimum Gasteiger partial charge on any atom is -0.491 e. The van der Waals surface area contributed by atoms with Gasteiger partial charge in [-0.05, 0) is 6.07 Å². The quantitative estimate of drug-likeness (QED) is 0.272. The largest absolute Gasteiger partial charge is 0.491 e. The fourth-order valence-electron chi connectivity index (χ4n) is 1.60. The molecule has 1 heterocycles. The van der Waals surface area contributed by atoms with E-state index in [1.165, 1.54) is 0 Å². The zero-order chi connectivity index (χ0) is 10.7. The summed E-state index contributed by atoms with van der Waals surface area (Å²) in [6, 6.07) is 7.89. The number of para-hydroxylation sites is 1. The van der Waals surface area contributed by atoms with Crippen molar-refractivity contribution in [2.24, 2.45) is 16.7 Å². The third-order valence-corrected chi connectivity index (χ3v) is 2.41. The Bertz CT molecular complexity index is 377. The van der Waals surface area contributed by atoms with Crippen molar-refractivity contribution in [3.8, 4) is 5.75 Å². The van der Waals surface area contributed by atoms with Gasteiger partial charge in [0, 0.05) is 12.1 Å². The molecule has 5 nitrogen and oxygen atoms in total. The highest BCUT2D eigenvalue weighted by Crippen LogP contribution is 2.21. The van der Waals surface area contributed by atoms with Crippen LogP contribution in [0.3, 0.4) is 0 Å². The fourth-order valence-corrected chi connectivity index (χ4v) is 1.60. The molecule has 15 heavy (non-hydrogen) atoms. The normalized spacial score (nSPS) is 16.5. The Kier molecular flexibility index (Phi) is 2.62. The summed E-state index contributed by atoms with van der Waals surface area (Å²) < 4.78 is 5.58. The SMILES string of the molecule is NN=C(N)N1CCOc2ccccc2C1. The smallest absolute Gasteiger partial charge is 0.213 e. The minimum absolute atomic E-state index is 0.343. The Balaban J connectivity index is 2.25. The fraction of sp³-hybridized carbons (Fsp3) is 0.300. The zero-order valence-corrected chi connectivity index (χ0v) is 8.39. The van der Waals surface area contributed by atoms with Crippen LogP contribution in [0, 0.1) is 0 Å². The van der Waals surface area contributed by atoms with Crippen LogP contribution in [-0.4, -0.2) is 24.0 Å². The van der Waals surface area contributed by atoms with Gasteiger partial charge in [0.15, 0.2) is 0 Å². The van der Waals surface area contributed by atoms with Crippen molar-refractivity contribution in [3.05, 3.63) is 29.8 Å². The molecule has 0 saturated heterocycles. The molecule has 1 aromatic carbocycles. The van der Waals surface area contributed by atoms with Crippen LogP contribution in [0.2, 0.25) is 0 Å². The Morgan fingerprint density at radius 3 is 3.00 bits per heavy atom. The molecule has 0 saturated carbocycles. The Hall–Kier alpha value is -1.91. The van der Waals surface area contributed by atoms with Crippen LogP contribution in [0.15, 0.2) is 29.4 Å². The van der Waals surface area contributed by atoms with E-state index in [-0.39, 0.29) is 0 Å². The number of nitrogens with zero attached hydrogens (tertiary/aromatic N) is 2. The van der Waals surface area contributed by atoms with Gasteiger partial charge in [-0.2, -0.15) is 0 Å². The lowest BCUT2D eigenvalue weighted by Gasteiger charge is -2.19. The predicted molar refractivity (Wildman–Crippen MR) is 58.2 cm³/mol.